The number of benzene rings is 2. The van der Waals surface area contributed by atoms with Crippen LogP contribution in [0.5, 0.6) is 0 Å². The third-order valence-electron chi connectivity index (χ3n) is 3.46. The molecule has 1 aromatic heterocycles. The van der Waals surface area contributed by atoms with Gasteiger partial charge in [0.1, 0.15) is 5.71 Å². The van der Waals surface area contributed by atoms with E-state index in [9.17, 15) is 4.79 Å². The highest BCUT2D eigenvalue weighted by molar-refractivity contribution is 6.11. The molecule has 0 bridgehead atoms. The van der Waals surface area contributed by atoms with Gasteiger partial charge in [0.2, 0.25) is 0 Å². The smallest absolute Gasteiger partial charge is 0.312 e. The van der Waals surface area contributed by atoms with Crippen molar-refractivity contribution in [2.75, 3.05) is 0 Å². The third-order valence-corrected chi connectivity index (χ3v) is 3.46. The van der Waals surface area contributed by atoms with Crippen molar-refractivity contribution in [1.82, 2.24) is 4.98 Å². The fourth-order valence-corrected chi connectivity index (χ4v) is 2.18. The zero-order chi connectivity index (χ0) is 16.8. The van der Waals surface area contributed by atoms with Crippen LogP contribution in [0.4, 0.5) is 0 Å². The molecule has 0 radical (unpaired) electrons. The number of nitrogens with zero attached hydrogens (tertiary/aromatic N) is 2. The number of oxime groups is 1. The van der Waals surface area contributed by atoms with E-state index in [1.807, 2.05) is 67.6 Å². The van der Waals surface area contributed by atoms with Crippen LogP contribution < -0.4 is 0 Å². The van der Waals surface area contributed by atoms with Crippen LogP contribution in [0.2, 0.25) is 0 Å². The van der Waals surface area contributed by atoms with Gasteiger partial charge in [-0.05, 0) is 31.2 Å². The molecule has 0 atom stereocenters. The average Bonchev–Trinajstić information content (AvgIpc) is 2.64. The lowest BCUT2D eigenvalue weighted by molar-refractivity contribution is 0.0517. The summed E-state index contributed by atoms with van der Waals surface area (Å²) in [5.74, 6) is -0.501. The van der Waals surface area contributed by atoms with E-state index in [0.717, 1.165) is 11.1 Å². The van der Waals surface area contributed by atoms with Crippen molar-refractivity contribution in [2.24, 2.45) is 5.16 Å². The average molecular weight is 316 g/mol. The molecule has 3 rings (SSSR count). The second kappa shape index (κ2) is 7.33. The topological polar surface area (TPSA) is 51.5 Å². The van der Waals surface area contributed by atoms with Crippen molar-refractivity contribution in [3.63, 3.8) is 0 Å². The molecule has 118 valence electrons. The van der Waals surface area contributed by atoms with Gasteiger partial charge in [0, 0.05) is 11.8 Å². The van der Waals surface area contributed by atoms with E-state index in [0.29, 0.717) is 17.0 Å². The van der Waals surface area contributed by atoms with Gasteiger partial charge >= 0.3 is 5.97 Å². The van der Waals surface area contributed by atoms with Gasteiger partial charge in [0.15, 0.2) is 0 Å². The van der Waals surface area contributed by atoms with Gasteiger partial charge < -0.3 is 4.84 Å². The molecule has 0 unspecified atom stereocenters. The Morgan fingerprint density at radius 3 is 2.25 bits per heavy atom. The van der Waals surface area contributed by atoms with Crippen molar-refractivity contribution in [2.45, 2.75) is 6.92 Å². The largest absolute Gasteiger partial charge is 0.365 e. The molecule has 1 heterocycles. The Hall–Kier alpha value is -3.27. The van der Waals surface area contributed by atoms with E-state index in [1.165, 1.54) is 0 Å². The molecule has 24 heavy (non-hydrogen) atoms. The minimum absolute atomic E-state index is 0.456. The number of hydrogen-bond donors (Lipinski definition) is 0. The lowest BCUT2D eigenvalue weighted by Crippen LogP contribution is -2.09. The summed E-state index contributed by atoms with van der Waals surface area (Å²) in [6.45, 7) is 1.96. The zero-order valence-corrected chi connectivity index (χ0v) is 13.2. The Kier molecular flexibility index (Phi) is 4.77. The molecule has 0 N–H and O–H groups in total. The highest BCUT2D eigenvalue weighted by Gasteiger charge is 2.12. The van der Waals surface area contributed by atoms with E-state index >= 15 is 0 Å². The number of carbonyl (C=O) groups excluding carboxylic acids is 1. The van der Waals surface area contributed by atoms with Gasteiger partial charge in [-0.2, -0.15) is 0 Å². The summed E-state index contributed by atoms with van der Waals surface area (Å²) in [6.07, 6.45) is 1.68. The first-order chi connectivity index (χ1) is 11.7. The van der Waals surface area contributed by atoms with Crippen LogP contribution in [0.1, 0.15) is 27.2 Å². The van der Waals surface area contributed by atoms with E-state index < -0.39 is 5.97 Å². The molecule has 4 heteroatoms. The van der Waals surface area contributed by atoms with Crippen LogP contribution in [0.15, 0.2) is 84.1 Å². The third kappa shape index (κ3) is 3.73. The zero-order valence-electron chi connectivity index (χ0n) is 13.2. The van der Waals surface area contributed by atoms with Crippen LogP contribution in [-0.2, 0) is 4.84 Å². The second-order valence-corrected chi connectivity index (χ2v) is 5.27. The van der Waals surface area contributed by atoms with Gasteiger partial charge in [-0.3, -0.25) is 4.98 Å². The quantitative estimate of drug-likeness (QED) is 0.415. The summed E-state index contributed by atoms with van der Waals surface area (Å²) < 4.78 is 0. The van der Waals surface area contributed by atoms with Crippen LogP contribution in [0.3, 0.4) is 0 Å². The first-order valence-electron chi connectivity index (χ1n) is 7.57. The summed E-state index contributed by atoms with van der Waals surface area (Å²) >= 11 is 0. The predicted molar refractivity (Wildman–Crippen MR) is 92.9 cm³/mol. The Bertz CT molecular complexity index is 800. The molecule has 0 aliphatic heterocycles. The normalized spacial score (nSPS) is 11.1. The van der Waals surface area contributed by atoms with Crippen LogP contribution in [0, 0.1) is 6.92 Å². The summed E-state index contributed by atoms with van der Waals surface area (Å²) in [6, 6.07) is 22.2. The lowest BCUT2D eigenvalue weighted by Gasteiger charge is -2.06. The molecular weight excluding hydrogens is 300 g/mol. The van der Waals surface area contributed by atoms with Gasteiger partial charge in [-0.15, -0.1) is 0 Å². The first-order valence-corrected chi connectivity index (χ1v) is 7.57. The first kappa shape index (κ1) is 15.6. The van der Waals surface area contributed by atoms with Crippen LogP contribution >= 0.6 is 0 Å². The second-order valence-electron chi connectivity index (χ2n) is 5.27. The van der Waals surface area contributed by atoms with Crippen molar-refractivity contribution < 1.29 is 9.63 Å². The molecular formula is C20H16N2O2. The standard InChI is InChI=1S/C20H16N2O2/c1-15-10-12-17(13-11-15)20(23)24-22-19(16-7-3-2-4-8-16)18-9-5-6-14-21-18/h2-14H,1H3/b22-19+. The van der Waals surface area contributed by atoms with E-state index in [4.69, 9.17) is 4.84 Å². The van der Waals surface area contributed by atoms with E-state index in [1.54, 1.807) is 18.3 Å². The van der Waals surface area contributed by atoms with Gasteiger partial charge in [0.25, 0.3) is 0 Å². The number of aromatic nitrogens is 1. The van der Waals surface area contributed by atoms with Crippen molar-refractivity contribution in [3.05, 3.63) is 101 Å². The Morgan fingerprint density at radius 2 is 1.58 bits per heavy atom. The maximum Gasteiger partial charge on any atom is 0.365 e. The molecule has 2 aromatic carbocycles. The molecule has 4 nitrogen and oxygen atoms in total. The molecule has 0 saturated heterocycles. The summed E-state index contributed by atoms with van der Waals surface area (Å²) in [4.78, 5) is 21.6. The number of rotatable bonds is 4. The number of pyridine rings is 1. The molecule has 3 aromatic rings. The van der Waals surface area contributed by atoms with Gasteiger partial charge in [-0.25, -0.2) is 4.79 Å². The van der Waals surface area contributed by atoms with Crippen molar-refractivity contribution in [1.29, 1.82) is 0 Å². The van der Waals surface area contributed by atoms with Crippen LogP contribution in [0.25, 0.3) is 0 Å². The Balaban J connectivity index is 1.90. The fourth-order valence-electron chi connectivity index (χ4n) is 2.18. The predicted octanol–water partition coefficient (Wildman–Crippen LogP) is 4.00. The maximum absolute atomic E-state index is 12.2. The number of carbonyl (C=O) groups is 1. The summed E-state index contributed by atoms with van der Waals surface area (Å²) in [5.41, 5.74) is 3.51. The summed E-state index contributed by atoms with van der Waals surface area (Å²) in [7, 11) is 0. The minimum atomic E-state index is -0.501. The molecule has 0 aliphatic carbocycles. The minimum Gasteiger partial charge on any atom is -0.312 e. The molecule has 0 spiro atoms. The van der Waals surface area contributed by atoms with Crippen molar-refractivity contribution in [3.8, 4) is 0 Å². The number of hydrogen-bond acceptors (Lipinski definition) is 4. The molecule has 0 aliphatic rings. The Labute approximate surface area is 140 Å². The van der Waals surface area contributed by atoms with E-state index in [2.05, 4.69) is 10.1 Å². The highest BCUT2D eigenvalue weighted by Crippen LogP contribution is 2.11. The summed E-state index contributed by atoms with van der Waals surface area (Å²) in [5, 5.41) is 4.07. The van der Waals surface area contributed by atoms with E-state index in [-0.39, 0.29) is 0 Å². The monoisotopic (exact) mass is 316 g/mol. The SMILES string of the molecule is Cc1ccc(C(=O)O/N=C(\c2ccccc2)c2ccccn2)cc1. The molecule has 0 amide bonds. The number of aryl methyl sites for hydroxylation is 1. The maximum atomic E-state index is 12.2. The van der Waals surface area contributed by atoms with Gasteiger partial charge in [-0.1, -0.05) is 59.3 Å². The lowest BCUT2D eigenvalue weighted by atomic mass is 10.1. The van der Waals surface area contributed by atoms with Crippen molar-refractivity contribution >= 4 is 11.7 Å². The molecule has 0 fully saturated rings. The van der Waals surface area contributed by atoms with Crippen LogP contribution in [-0.4, -0.2) is 16.7 Å². The Morgan fingerprint density at radius 1 is 0.875 bits per heavy atom. The molecule has 0 saturated carbocycles. The fraction of sp³-hybridized carbons (Fsp3) is 0.0500. The highest BCUT2D eigenvalue weighted by atomic mass is 16.7. The van der Waals surface area contributed by atoms with Gasteiger partial charge in [0.05, 0.1) is 11.3 Å².